The third-order valence-corrected chi connectivity index (χ3v) is 1.48. The highest BCUT2D eigenvalue weighted by molar-refractivity contribution is 6.20. The minimum atomic E-state index is -0.850. The van der Waals surface area contributed by atoms with E-state index in [-0.39, 0.29) is 5.38 Å². The molecule has 3 nitrogen and oxygen atoms in total. The molecule has 0 bridgehead atoms. The van der Waals surface area contributed by atoms with Crippen LogP contribution in [0.1, 0.15) is 19.8 Å². The van der Waals surface area contributed by atoms with Gasteiger partial charge in [-0.3, -0.25) is 0 Å². The number of carboxylic acids is 1. The molecule has 0 spiro atoms. The summed E-state index contributed by atoms with van der Waals surface area (Å²) < 4.78 is 0. The van der Waals surface area contributed by atoms with Crippen LogP contribution >= 0.6 is 11.6 Å². The van der Waals surface area contributed by atoms with E-state index in [9.17, 15) is 4.79 Å². The van der Waals surface area contributed by atoms with Crippen LogP contribution in [0, 0.1) is 0 Å². The average molecular weight is 167 g/mol. The predicted octanol–water partition coefficient (Wildman–Crippen LogP) is 0.0890. The predicted molar refractivity (Wildman–Crippen MR) is 38.9 cm³/mol. The van der Waals surface area contributed by atoms with Crippen molar-refractivity contribution in [2.45, 2.75) is 31.2 Å². The molecule has 0 heterocycles. The van der Waals surface area contributed by atoms with Gasteiger partial charge in [0.05, 0.1) is 0 Å². The van der Waals surface area contributed by atoms with Crippen molar-refractivity contribution >= 4 is 17.6 Å². The molecule has 0 aliphatic heterocycles. The van der Waals surface area contributed by atoms with E-state index in [0.29, 0.717) is 12.8 Å². The van der Waals surface area contributed by atoms with E-state index in [0.717, 1.165) is 0 Å². The lowest BCUT2D eigenvalue weighted by atomic mass is 10.1. The van der Waals surface area contributed by atoms with Crippen LogP contribution in [0.25, 0.3) is 0 Å². The van der Waals surface area contributed by atoms with E-state index in [1.807, 2.05) is 6.92 Å². The molecule has 0 radical (unpaired) electrons. The Kier molecular flexibility index (Phi) is 4.40. The molecule has 0 amide bonds. The van der Waals surface area contributed by atoms with Gasteiger partial charge in [0.25, 0.3) is 0 Å². The first-order valence-electron chi connectivity index (χ1n) is 3.24. The van der Waals surface area contributed by atoms with Gasteiger partial charge >= 0.3 is 5.97 Å². The summed E-state index contributed by atoms with van der Waals surface area (Å²) in [6.07, 6.45) is 1.27. The Morgan fingerprint density at radius 1 is 1.70 bits per heavy atom. The van der Waals surface area contributed by atoms with Gasteiger partial charge in [-0.1, -0.05) is 0 Å². The molecular weight excluding hydrogens is 154 g/mol. The zero-order valence-corrected chi connectivity index (χ0v) is 6.77. The van der Waals surface area contributed by atoms with Crippen molar-refractivity contribution in [2.75, 3.05) is 0 Å². The van der Waals surface area contributed by atoms with Crippen LogP contribution in [-0.4, -0.2) is 22.5 Å². The van der Waals surface area contributed by atoms with Crippen LogP contribution in [0.4, 0.5) is 0 Å². The lowest BCUT2D eigenvalue weighted by molar-refractivity contribution is -0.409. The van der Waals surface area contributed by atoms with Gasteiger partial charge < -0.3 is 10.8 Å². The molecule has 0 aliphatic rings. The van der Waals surface area contributed by atoms with Gasteiger partial charge in [-0.2, -0.15) is 0 Å². The maximum Gasteiger partial charge on any atom is 0.362 e. The fourth-order valence-corrected chi connectivity index (χ4v) is 0.680. The summed E-state index contributed by atoms with van der Waals surface area (Å²) >= 11 is 5.61. The number of quaternary nitrogens is 1. The third kappa shape index (κ3) is 4.58. The van der Waals surface area contributed by atoms with Crippen molar-refractivity contribution in [1.82, 2.24) is 0 Å². The van der Waals surface area contributed by atoms with Crippen LogP contribution in [0.3, 0.4) is 0 Å². The number of carbonyl (C=O) groups is 1. The molecule has 0 rings (SSSR count). The van der Waals surface area contributed by atoms with Crippen LogP contribution in [0.5, 0.6) is 0 Å². The van der Waals surface area contributed by atoms with E-state index >= 15 is 0 Å². The number of alkyl halides is 1. The molecule has 0 fully saturated rings. The largest absolute Gasteiger partial charge is 0.477 e. The Hall–Kier alpha value is -0.280. The molecule has 2 atom stereocenters. The first kappa shape index (κ1) is 9.72. The van der Waals surface area contributed by atoms with Crippen LogP contribution in [0.2, 0.25) is 0 Å². The molecule has 0 aromatic heterocycles. The number of hydrogen-bond donors (Lipinski definition) is 2. The molecule has 0 saturated heterocycles. The van der Waals surface area contributed by atoms with Crippen LogP contribution < -0.4 is 5.73 Å². The molecular formula is C6H13ClNO2+. The van der Waals surface area contributed by atoms with Crippen molar-refractivity contribution in [3.05, 3.63) is 0 Å². The number of hydrogen-bond acceptors (Lipinski definition) is 1. The highest BCUT2D eigenvalue weighted by Gasteiger charge is 2.15. The Labute approximate surface area is 65.2 Å². The standard InChI is InChI=1S/C6H12ClNO2/c1-4(7)2-3-5(8)6(9)10/h4-5H,2-3,8H2,1H3,(H,9,10)/p+1. The van der Waals surface area contributed by atoms with Gasteiger partial charge in [0, 0.05) is 11.8 Å². The second kappa shape index (κ2) is 4.52. The van der Waals surface area contributed by atoms with E-state index < -0.39 is 12.0 Å². The van der Waals surface area contributed by atoms with Crippen LogP contribution in [0.15, 0.2) is 0 Å². The van der Waals surface area contributed by atoms with Gasteiger partial charge in [0.1, 0.15) is 0 Å². The van der Waals surface area contributed by atoms with Crippen LogP contribution in [-0.2, 0) is 4.79 Å². The minimum Gasteiger partial charge on any atom is -0.477 e. The normalized spacial score (nSPS) is 16.3. The second-order valence-electron chi connectivity index (χ2n) is 2.39. The maximum atomic E-state index is 10.2. The minimum absolute atomic E-state index is 0.0450. The van der Waals surface area contributed by atoms with Gasteiger partial charge in [-0.05, 0) is 13.3 Å². The molecule has 0 aromatic rings. The quantitative estimate of drug-likeness (QED) is 0.582. The van der Waals surface area contributed by atoms with E-state index in [1.165, 1.54) is 0 Å². The van der Waals surface area contributed by atoms with Gasteiger partial charge in [-0.15, -0.1) is 11.6 Å². The third-order valence-electron chi connectivity index (χ3n) is 1.26. The number of carboxylic acid groups (broad SMARTS) is 1. The molecule has 4 N–H and O–H groups in total. The SMILES string of the molecule is CC(Cl)CCC([NH3+])C(=O)O. The summed E-state index contributed by atoms with van der Waals surface area (Å²) in [5.74, 6) is -0.850. The summed E-state index contributed by atoms with van der Waals surface area (Å²) in [6.45, 7) is 1.84. The van der Waals surface area contributed by atoms with E-state index in [1.54, 1.807) is 0 Å². The summed E-state index contributed by atoms with van der Waals surface area (Å²) in [5, 5.41) is 8.43. The Bertz CT molecular complexity index is 116. The van der Waals surface area contributed by atoms with E-state index in [2.05, 4.69) is 5.73 Å². The molecule has 10 heavy (non-hydrogen) atoms. The highest BCUT2D eigenvalue weighted by atomic mass is 35.5. The Balaban J connectivity index is 3.40. The van der Waals surface area contributed by atoms with Crippen molar-refractivity contribution in [3.63, 3.8) is 0 Å². The summed E-state index contributed by atoms with van der Waals surface area (Å²) in [5.41, 5.74) is 3.45. The first-order valence-corrected chi connectivity index (χ1v) is 3.67. The fourth-order valence-electron chi connectivity index (χ4n) is 0.554. The molecule has 4 heteroatoms. The lowest BCUT2D eigenvalue weighted by Crippen LogP contribution is -2.64. The van der Waals surface area contributed by atoms with Crippen molar-refractivity contribution < 1.29 is 15.6 Å². The van der Waals surface area contributed by atoms with Crippen molar-refractivity contribution in [2.24, 2.45) is 0 Å². The number of aliphatic carboxylic acids is 1. The summed E-state index contributed by atoms with van der Waals surface area (Å²) in [4.78, 5) is 10.2. The molecule has 0 saturated carbocycles. The van der Waals surface area contributed by atoms with E-state index in [4.69, 9.17) is 16.7 Å². The zero-order valence-electron chi connectivity index (χ0n) is 6.01. The number of halogens is 1. The molecule has 0 aromatic carbocycles. The fraction of sp³-hybridized carbons (Fsp3) is 0.833. The summed E-state index contributed by atoms with van der Waals surface area (Å²) in [6, 6.07) is -0.513. The smallest absolute Gasteiger partial charge is 0.362 e. The van der Waals surface area contributed by atoms with Gasteiger partial charge in [-0.25, -0.2) is 4.79 Å². The van der Waals surface area contributed by atoms with Crippen molar-refractivity contribution in [1.29, 1.82) is 0 Å². The maximum absolute atomic E-state index is 10.2. The number of rotatable bonds is 4. The Morgan fingerprint density at radius 3 is 2.50 bits per heavy atom. The molecule has 0 aliphatic carbocycles. The van der Waals surface area contributed by atoms with Gasteiger partial charge in [0.2, 0.25) is 0 Å². The monoisotopic (exact) mass is 166 g/mol. The average Bonchev–Trinajstić information content (AvgIpc) is 1.82. The van der Waals surface area contributed by atoms with Gasteiger partial charge in [0.15, 0.2) is 6.04 Å². The molecule has 2 unspecified atom stereocenters. The molecule has 60 valence electrons. The second-order valence-corrected chi connectivity index (χ2v) is 3.14. The lowest BCUT2D eigenvalue weighted by Gasteiger charge is -2.03. The highest BCUT2D eigenvalue weighted by Crippen LogP contribution is 2.04. The summed E-state index contributed by atoms with van der Waals surface area (Å²) in [7, 11) is 0. The zero-order chi connectivity index (χ0) is 8.15. The Morgan fingerprint density at radius 2 is 2.20 bits per heavy atom. The van der Waals surface area contributed by atoms with Crippen molar-refractivity contribution in [3.8, 4) is 0 Å². The first-order chi connectivity index (χ1) is 4.54. The topological polar surface area (TPSA) is 64.9 Å².